The second-order valence-electron chi connectivity index (χ2n) is 4.74. The van der Waals surface area contributed by atoms with Crippen LogP contribution in [0, 0.1) is 0 Å². The molecule has 1 aliphatic heterocycles. The number of hydrogen-bond acceptors (Lipinski definition) is 4. The van der Waals surface area contributed by atoms with E-state index >= 15 is 0 Å². The number of carboxylic acids is 2. The molecule has 1 atom stereocenters. The van der Waals surface area contributed by atoms with Gasteiger partial charge in [0.25, 0.3) is 0 Å². The molecule has 112 valence electrons. The number of thioether (sulfide) groups is 1. The highest BCUT2D eigenvalue weighted by Crippen LogP contribution is 2.24. The van der Waals surface area contributed by atoms with E-state index in [9.17, 15) is 19.5 Å². The molecule has 2 N–H and O–H groups in total. The SMILES string of the molecule is O=C(O)CSCC(=O)N1Cc2ccccc2C[C@H]1C(=O)O. The Morgan fingerprint density at radius 3 is 2.43 bits per heavy atom. The second kappa shape index (κ2) is 6.62. The predicted molar refractivity (Wildman–Crippen MR) is 77.1 cm³/mol. The molecule has 2 rings (SSSR count). The van der Waals surface area contributed by atoms with E-state index in [-0.39, 0.29) is 30.4 Å². The molecule has 1 amide bonds. The van der Waals surface area contributed by atoms with Gasteiger partial charge in [-0.3, -0.25) is 9.59 Å². The van der Waals surface area contributed by atoms with E-state index in [0.29, 0.717) is 0 Å². The van der Waals surface area contributed by atoms with Crippen molar-refractivity contribution in [3.05, 3.63) is 35.4 Å². The van der Waals surface area contributed by atoms with Crippen molar-refractivity contribution >= 4 is 29.6 Å². The lowest BCUT2D eigenvalue weighted by Crippen LogP contribution is -2.49. The summed E-state index contributed by atoms with van der Waals surface area (Å²) in [6.45, 7) is 0.250. The Hall–Kier alpha value is -2.02. The summed E-state index contributed by atoms with van der Waals surface area (Å²) >= 11 is 0.974. The van der Waals surface area contributed by atoms with Crippen LogP contribution in [0.15, 0.2) is 24.3 Å². The third kappa shape index (κ3) is 3.75. The minimum absolute atomic E-state index is 0.0295. The zero-order chi connectivity index (χ0) is 15.4. The average Bonchev–Trinajstić information content (AvgIpc) is 2.45. The van der Waals surface area contributed by atoms with Gasteiger partial charge in [-0.1, -0.05) is 24.3 Å². The molecule has 0 bridgehead atoms. The minimum atomic E-state index is -1.04. The van der Waals surface area contributed by atoms with E-state index in [0.717, 1.165) is 22.9 Å². The zero-order valence-electron chi connectivity index (χ0n) is 11.2. The van der Waals surface area contributed by atoms with E-state index in [1.165, 1.54) is 4.90 Å². The van der Waals surface area contributed by atoms with Gasteiger partial charge in [0.1, 0.15) is 6.04 Å². The number of hydrogen-bond donors (Lipinski definition) is 2. The first kappa shape index (κ1) is 15.4. The first-order chi connectivity index (χ1) is 9.99. The summed E-state index contributed by atoms with van der Waals surface area (Å²) in [5.74, 6) is -2.58. The number of aliphatic carboxylic acids is 2. The van der Waals surface area contributed by atoms with Crippen molar-refractivity contribution in [3.8, 4) is 0 Å². The molecule has 0 fully saturated rings. The first-order valence-corrected chi connectivity index (χ1v) is 7.53. The Morgan fingerprint density at radius 1 is 1.14 bits per heavy atom. The van der Waals surface area contributed by atoms with Gasteiger partial charge in [-0.25, -0.2) is 4.79 Å². The topological polar surface area (TPSA) is 94.9 Å². The predicted octanol–water partition coefficient (Wildman–Crippen LogP) is 0.842. The van der Waals surface area contributed by atoms with Crippen molar-refractivity contribution in [1.29, 1.82) is 0 Å². The average molecular weight is 309 g/mol. The molecular formula is C14H15NO5S. The Morgan fingerprint density at radius 2 is 1.81 bits per heavy atom. The first-order valence-electron chi connectivity index (χ1n) is 6.37. The monoisotopic (exact) mass is 309 g/mol. The van der Waals surface area contributed by atoms with Crippen molar-refractivity contribution in [2.45, 2.75) is 19.0 Å². The van der Waals surface area contributed by atoms with Gasteiger partial charge in [-0.15, -0.1) is 11.8 Å². The lowest BCUT2D eigenvalue weighted by atomic mass is 9.94. The lowest BCUT2D eigenvalue weighted by molar-refractivity contribution is -0.150. The Balaban J connectivity index is 2.11. The summed E-state index contributed by atoms with van der Waals surface area (Å²) in [4.78, 5) is 35.3. The molecule has 0 aliphatic carbocycles. The summed E-state index contributed by atoms with van der Waals surface area (Å²) in [6.07, 6.45) is 0.279. The van der Waals surface area contributed by atoms with Crippen molar-refractivity contribution in [2.24, 2.45) is 0 Å². The highest BCUT2D eigenvalue weighted by molar-refractivity contribution is 8.00. The number of benzene rings is 1. The quantitative estimate of drug-likeness (QED) is 0.837. The fourth-order valence-electron chi connectivity index (χ4n) is 2.31. The van der Waals surface area contributed by atoms with Crippen LogP contribution in [0.4, 0.5) is 0 Å². The minimum Gasteiger partial charge on any atom is -0.481 e. The van der Waals surface area contributed by atoms with Gasteiger partial charge in [-0.2, -0.15) is 0 Å². The number of rotatable bonds is 5. The van der Waals surface area contributed by atoms with Crippen LogP contribution < -0.4 is 0 Å². The number of carboxylic acid groups (broad SMARTS) is 2. The number of carbonyl (C=O) groups is 3. The molecule has 0 aromatic heterocycles. The maximum absolute atomic E-state index is 12.2. The molecule has 6 nitrogen and oxygen atoms in total. The molecule has 7 heteroatoms. The van der Waals surface area contributed by atoms with Crippen molar-refractivity contribution in [2.75, 3.05) is 11.5 Å². The van der Waals surface area contributed by atoms with Gasteiger partial charge < -0.3 is 15.1 Å². The van der Waals surface area contributed by atoms with E-state index in [1.807, 2.05) is 24.3 Å². The van der Waals surface area contributed by atoms with Gasteiger partial charge >= 0.3 is 11.9 Å². The van der Waals surface area contributed by atoms with Gasteiger partial charge in [0, 0.05) is 13.0 Å². The molecule has 0 saturated heterocycles. The Labute approximate surface area is 125 Å². The molecule has 0 unspecified atom stereocenters. The van der Waals surface area contributed by atoms with Gasteiger partial charge in [0.15, 0.2) is 0 Å². The third-order valence-electron chi connectivity index (χ3n) is 3.31. The van der Waals surface area contributed by atoms with E-state index < -0.39 is 18.0 Å². The summed E-state index contributed by atoms with van der Waals surface area (Å²) in [6, 6.07) is 6.54. The van der Waals surface area contributed by atoms with E-state index in [1.54, 1.807) is 0 Å². The number of carbonyl (C=O) groups excluding carboxylic acids is 1. The molecule has 1 aromatic carbocycles. The lowest BCUT2D eigenvalue weighted by Gasteiger charge is -2.34. The van der Waals surface area contributed by atoms with Crippen molar-refractivity contribution < 1.29 is 24.6 Å². The van der Waals surface area contributed by atoms with Gasteiger partial charge in [0.2, 0.25) is 5.91 Å². The summed E-state index contributed by atoms with van der Waals surface area (Å²) in [5, 5.41) is 17.9. The molecule has 1 heterocycles. The standard InChI is InChI=1S/C14H15NO5S/c16-12(7-21-8-13(17)18)15-6-10-4-2-1-3-9(10)5-11(15)14(19)20/h1-4,11H,5-8H2,(H,17,18)(H,19,20)/t11-/m0/s1. The molecule has 0 saturated carbocycles. The number of amides is 1. The van der Waals surface area contributed by atoms with Crippen LogP contribution in [0.5, 0.6) is 0 Å². The van der Waals surface area contributed by atoms with E-state index in [4.69, 9.17) is 5.11 Å². The molecule has 0 radical (unpaired) electrons. The Bertz CT molecular complexity index is 574. The summed E-state index contributed by atoms with van der Waals surface area (Å²) < 4.78 is 0. The number of fused-ring (bicyclic) bond motifs is 1. The van der Waals surface area contributed by atoms with E-state index in [2.05, 4.69) is 0 Å². The maximum atomic E-state index is 12.2. The smallest absolute Gasteiger partial charge is 0.326 e. The fraction of sp³-hybridized carbons (Fsp3) is 0.357. The zero-order valence-corrected chi connectivity index (χ0v) is 12.0. The molecule has 21 heavy (non-hydrogen) atoms. The fourth-order valence-corrected chi connectivity index (χ4v) is 2.93. The highest BCUT2D eigenvalue weighted by Gasteiger charge is 2.34. The molecule has 1 aliphatic rings. The second-order valence-corrected chi connectivity index (χ2v) is 5.72. The molecular weight excluding hydrogens is 294 g/mol. The van der Waals surface area contributed by atoms with Crippen molar-refractivity contribution in [1.82, 2.24) is 4.90 Å². The van der Waals surface area contributed by atoms with Crippen LogP contribution in [0.2, 0.25) is 0 Å². The van der Waals surface area contributed by atoms with Crippen molar-refractivity contribution in [3.63, 3.8) is 0 Å². The van der Waals surface area contributed by atoms with Gasteiger partial charge in [-0.05, 0) is 11.1 Å². The van der Waals surface area contributed by atoms with Gasteiger partial charge in [0.05, 0.1) is 11.5 Å². The highest BCUT2D eigenvalue weighted by atomic mass is 32.2. The number of nitrogens with zero attached hydrogens (tertiary/aromatic N) is 1. The third-order valence-corrected chi connectivity index (χ3v) is 4.21. The largest absolute Gasteiger partial charge is 0.481 e. The summed E-state index contributed by atoms with van der Waals surface area (Å²) in [5.41, 5.74) is 1.87. The normalized spacial score (nSPS) is 17.1. The molecule has 1 aromatic rings. The van der Waals surface area contributed by atoms with Crippen LogP contribution in [-0.4, -0.2) is 50.5 Å². The van der Waals surface area contributed by atoms with Crippen LogP contribution in [0.1, 0.15) is 11.1 Å². The Kier molecular flexibility index (Phi) is 4.85. The maximum Gasteiger partial charge on any atom is 0.326 e. The van der Waals surface area contributed by atoms with Crippen LogP contribution in [0.3, 0.4) is 0 Å². The summed E-state index contributed by atoms with van der Waals surface area (Å²) in [7, 11) is 0. The molecule has 0 spiro atoms. The van der Waals surface area contributed by atoms with Crippen LogP contribution in [-0.2, 0) is 27.3 Å². The van der Waals surface area contributed by atoms with Crippen LogP contribution in [0.25, 0.3) is 0 Å². The van der Waals surface area contributed by atoms with Crippen LogP contribution >= 0.6 is 11.8 Å².